The minimum Gasteiger partial charge on any atom is -0.493 e. The maximum atomic E-state index is 10.8. The molecule has 0 atom stereocenters. The number of benzene rings is 2. The van der Waals surface area contributed by atoms with Crippen molar-refractivity contribution in [3.63, 3.8) is 0 Å². The third kappa shape index (κ3) is 4.68. The Labute approximate surface area is 127 Å². The molecule has 0 radical (unpaired) electrons. The molecular weight excluding hydrogens is 292 g/mol. The van der Waals surface area contributed by atoms with Gasteiger partial charge in [0.25, 0.3) is 0 Å². The normalized spacial score (nSPS) is 10.1. The fourth-order valence-corrected chi connectivity index (χ4v) is 1.90. The standard InChI is InChI=1S/C16H15ClO4/c17-14-7-1-2-8-15(14)21-10-4-9-20-13-6-3-5-12(11-13)16(18)19/h1-3,5-8,11H,4,9-10H2,(H,18,19). The van der Waals surface area contributed by atoms with E-state index >= 15 is 0 Å². The van der Waals surface area contributed by atoms with Crippen molar-refractivity contribution in [1.29, 1.82) is 0 Å². The molecule has 0 amide bonds. The second kappa shape index (κ2) is 7.55. The summed E-state index contributed by atoms with van der Waals surface area (Å²) in [5.41, 5.74) is 0.208. The fourth-order valence-electron chi connectivity index (χ4n) is 1.71. The van der Waals surface area contributed by atoms with Crippen LogP contribution in [-0.4, -0.2) is 24.3 Å². The Morgan fingerprint density at radius 3 is 2.57 bits per heavy atom. The zero-order valence-corrected chi connectivity index (χ0v) is 12.0. The molecule has 0 spiro atoms. The van der Waals surface area contributed by atoms with Crippen LogP contribution in [0.15, 0.2) is 48.5 Å². The average Bonchev–Trinajstić information content (AvgIpc) is 2.49. The number of rotatable bonds is 7. The molecule has 21 heavy (non-hydrogen) atoms. The Hall–Kier alpha value is -2.20. The van der Waals surface area contributed by atoms with Crippen molar-refractivity contribution in [3.8, 4) is 11.5 Å². The van der Waals surface area contributed by atoms with E-state index in [0.29, 0.717) is 36.2 Å². The third-order valence-electron chi connectivity index (χ3n) is 2.73. The molecule has 110 valence electrons. The van der Waals surface area contributed by atoms with Crippen LogP contribution in [0.1, 0.15) is 16.8 Å². The van der Waals surface area contributed by atoms with Gasteiger partial charge in [-0.1, -0.05) is 29.8 Å². The lowest BCUT2D eigenvalue weighted by molar-refractivity contribution is 0.0696. The lowest BCUT2D eigenvalue weighted by Crippen LogP contribution is -2.05. The highest BCUT2D eigenvalue weighted by Gasteiger charge is 2.04. The van der Waals surface area contributed by atoms with Crippen molar-refractivity contribution in [1.82, 2.24) is 0 Å². The summed E-state index contributed by atoms with van der Waals surface area (Å²) in [6.07, 6.45) is 0.669. The van der Waals surface area contributed by atoms with Gasteiger partial charge in [0.1, 0.15) is 11.5 Å². The Morgan fingerprint density at radius 1 is 1.05 bits per heavy atom. The molecule has 0 aliphatic rings. The minimum atomic E-state index is -0.970. The number of carbonyl (C=O) groups is 1. The van der Waals surface area contributed by atoms with Crippen molar-refractivity contribution in [2.45, 2.75) is 6.42 Å². The number of para-hydroxylation sites is 1. The molecule has 0 aliphatic carbocycles. The second-order valence-corrected chi connectivity index (χ2v) is 4.72. The van der Waals surface area contributed by atoms with Crippen molar-refractivity contribution in [3.05, 3.63) is 59.1 Å². The molecule has 0 bridgehead atoms. The van der Waals surface area contributed by atoms with Crippen molar-refractivity contribution in [2.24, 2.45) is 0 Å². The lowest BCUT2D eigenvalue weighted by atomic mass is 10.2. The van der Waals surface area contributed by atoms with Gasteiger partial charge >= 0.3 is 5.97 Å². The largest absolute Gasteiger partial charge is 0.493 e. The lowest BCUT2D eigenvalue weighted by Gasteiger charge is -2.09. The quantitative estimate of drug-likeness (QED) is 0.789. The van der Waals surface area contributed by atoms with Crippen LogP contribution in [0.2, 0.25) is 5.02 Å². The van der Waals surface area contributed by atoms with Crippen molar-refractivity contribution < 1.29 is 19.4 Å². The highest BCUT2D eigenvalue weighted by molar-refractivity contribution is 6.32. The topological polar surface area (TPSA) is 55.8 Å². The van der Waals surface area contributed by atoms with Gasteiger partial charge in [-0.3, -0.25) is 0 Å². The van der Waals surface area contributed by atoms with Crippen LogP contribution in [0.25, 0.3) is 0 Å². The summed E-state index contributed by atoms with van der Waals surface area (Å²) in [5, 5.41) is 9.46. The Balaban J connectivity index is 1.74. The number of hydrogen-bond acceptors (Lipinski definition) is 3. The summed E-state index contributed by atoms with van der Waals surface area (Å²) in [6.45, 7) is 0.913. The number of hydrogen-bond donors (Lipinski definition) is 1. The molecule has 2 aromatic rings. The maximum Gasteiger partial charge on any atom is 0.335 e. The Kier molecular flexibility index (Phi) is 5.46. The highest BCUT2D eigenvalue weighted by atomic mass is 35.5. The average molecular weight is 307 g/mol. The molecule has 0 heterocycles. The smallest absolute Gasteiger partial charge is 0.335 e. The van der Waals surface area contributed by atoms with Crippen molar-refractivity contribution in [2.75, 3.05) is 13.2 Å². The van der Waals surface area contributed by atoms with E-state index in [9.17, 15) is 4.79 Å². The predicted molar refractivity (Wildman–Crippen MR) is 80.5 cm³/mol. The number of halogens is 1. The first-order valence-corrected chi connectivity index (χ1v) is 6.88. The molecule has 5 heteroatoms. The number of aromatic carboxylic acids is 1. The van der Waals surface area contributed by atoms with Crippen LogP contribution < -0.4 is 9.47 Å². The number of ether oxygens (including phenoxy) is 2. The van der Waals surface area contributed by atoms with E-state index < -0.39 is 5.97 Å². The second-order valence-electron chi connectivity index (χ2n) is 4.31. The third-order valence-corrected chi connectivity index (χ3v) is 3.04. The van der Waals surface area contributed by atoms with Gasteiger partial charge < -0.3 is 14.6 Å². The zero-order valence-electron chi connectivity index (χ0n) is 11.3. The molecule has 0 aromatic heterocycles. The Bertz CT molecular complexity index is 613. The molecule has 1 N–H and O–H groups in total. The van der Waals surface area contributed by atoms with Crippen LogP contribution in [0, 0.1) is 0 Å². The number of carboxylic acid groups (broad SMARTS) is 1. The van der Waals surface area contributed by atoms with Crippen LogP contribution >= 0.6 is 11.6 Å². The summed E-state index contributed by atoms with van der Waals surface area (Å²) >= 11 is 5.97. The first-order valence-electron chi connectivity index (χ1n) is 6.50. The van der Waals surface area contributed by atoms with E-state index in [1.807, 2.05) is 12.1 Å². The molecule has 0 aliphatic heterocycles. The first-order chi connectivity index (χ1) is 10.2. The van der Waals surface area contributed by atoms with Crippen LogP contribution in [-0.2, 0) is 0 Å². The summed E-state index contributed by atoms with van der Waals surface area (Å²) in [5.74, 6) is 0.210. The maximum absolute atomic E-state index is 10.8. The SMILES string of the molecule is O=C(O)c1cccc(OCCCOc2ccccc2Cl)c1. The van der Waals surface area contributed by atoms with E-state index in [1.165, 1.54) is 12.1 Å². The molecule has 4 nitrogen and oxygen atoms in total. The van der Waals surface area contributed by atoms with Gasteiger partial charge in [0, 0.05) is 6.42 Å². The summed E-state index contributed by atoms with van der Waals surface area (Å²) in [7, 11) is 0. The molecule has 0 unspecified atom stereocenters. The molecule has 0 saturated carbocycles. The molecule has 0 fully saturated rings. The van der Waals surface area contributed by atoms with Gasteiger partial charge in [0.05, 0.1) is 23.8 Å². The van der Waals surface area contributed by atoms with Crippen LogP contribution in [0.5, 0.6) is 11.5 Å². The van der Waals surface area contributed by atoms with Crippen LogP contribution in [0.4, 0.5) is 0 Å². The van der Waals surface area contributed by atoms with Gasteiger partial charge in [0.2, 0.25) is 0 Å². The number of carboxylic acids is 1. The van der Waals surface area contributed by atoms with E-state index in [2.05, 4.69) is 0 Å². The van der Waals surface area contributed by atoms with Gasteiger partial charge in [-0.15, -0.1) is 0 Å². The van der Waals surface area contributed by atoms with E-state index in [1.54, 1.807) is 24.3 Å². The Morgan fingerprint density at radius 2 is 1.81 bits per heavy atom. The van der Waals surface area contributed by atoms with Crippen molar-refractivity contribution >= 4 is 17.6 Å². The highest BCUT2D eigenvalue weighted by Crippen LogP contribution is 2.23. The first kappa shape index (κ1) is 15.2. The van der Waals surface area contributed by atoms with Crippen LogP contribution in [0.3, 0.4) is 0 Å². The zero-order chi connectivity index (χ0) is 15.1. The van der Waals surface area contributed by atoms with Gasteiger partial charge in [-0.05, 0) is 30.3 Å². The molecule has 2 aromatic carbocycles. The monoisotopic (exact) mass is 306 g/mol. The van der Waals surface area contributed by atoms with Gasteiger partial charge in [0.15, 0.2) is 0 Å². The molecule has 2 rings (SSSR count). The van der Waals surface area contributed by atoms with Gasteiger partial charge in [-0.2, -0.15) is 0 Å². The summed E-state index contributed by atoms with van der Waals surface area (Å²) in [6, 6.07) is 13.7. The molecule has 0 saturated heterocycles. The van der Waals surface area contributed by atoms with E-state index in [4.69, 9.17) is 26.2 Å². The predicted octanol–water partition coefficient (Wildman–Crippen LogP) is 3.89. The van der Waals surface area contributed by atoms with E-state index in [0.717, 1.165) is 0 Å². The van der Waals surface area contributed by atoms with E-state index in [-0.39, 0.29) is 5.56 Å². The summed E-state index contributed by atoms with van der Waals surface area (Å²) in [4.78, 5) is 10.8. The minimum absolute atomic E-state index is 0.208. The van der Waals surface area contributed by atoms with Gasteiger partial charge in [-0.25, -0.2) is 4.79 Å². The molecular formula is C16H15ClO4. The summed E-state index contributed by atoms with van der Waals surface area (Å²) < 4.78 is 11.0. The fraction of sp³-hybridized carbons (Fsp3) is 0.188.